The van der Waals surface area contributed by atoms with Crippen molar-refractivity contribution in [2.45, 2.75) is 0 Å². The van der Waals surface area contributed by atoms with Crippen LogP contribution in [0.4, 0.5) is 10.1 Å². The number of ether oxygens (including phenoxy) is 1. The molecule has 0 heterocycles. The van der Waals surface area contributed by atoms with E-state index >= 15 is 0 Å². The number of halogens is 1. The van der Waals surface area contributed by atoms with Crippen molar-refractivity contribution in [3.05, 3.63) is 59.9 Å². The molecule has 0 aliphatic carbocycles. The smallest absolute Gasteiger partial charge is 0.255 e. The zero-order chi connectivity index (χ0) is 19.8. The normalized spacial score (nSPS) is 10.0. The van der Waals surface area contributed by atoms with Gasteiger partial charge < -0.3 is 20.3 Å². The van der Waals surface area contributed by atoms with Crippen LogP contribution in [0.5, 0.6) is 5.75 Å². The van der Waals surface area contributed by atoms with Crippen molar-refractivity contribution in [1.82, 2.24) is 10.2 Å². The van der Waals surface area contributed by atoms with Crippen molar-refractivity contribution in [2.24, 2.45) is 0 Å². The Kier molecular flexibility index (Phi) is 6.87. The molecule has 0 radical (unpaired) electrons. The van der Waals surface area contributed by atoms with Crippen molar-refractivity contribution < 1.29 is 23.5 Å². The molecule has 7 nitrogen and oxygen atoms in total. The Morgan fingerprint density at radius 1 is 1.11 bits per heavy atom. The van der Waals surface area contributed by atoms with Crippen LogP contribution in [0, 0.1) is 5.82 Å². The van der Waals surface area contributed by atoms with E-state index in [1.165, 1.54) is 38.4 Å². The maximum atomic E-state index is 13.1. The Bertz CT molecular complexity index is 841. The van der Waals surface area contributed by atoms with Gasteiger partial charge in [-0.2, -0.15) is 0 Å². The first kappa shape index (κ1) is 19.9. The first-order valence-corrected chi connectivity index (χ1v) is 8.11. The topological polar surface area (TPSA) is 87.7 Å². The molecule has 0 spiro atoms. The summed E-state index contributed by atoms with van der Waals surface area (Å²) in [4.78, 5) is 37.4. The zero-order valence-corrected chi connectivity index (χ0v) is 15.0. The van der Waals surface area contributed by atoms with E-state index in [-0.39, 0.29) is 13.1 Å². The van der Waals surface area contributed by atoms with Gasteiger partial charge >= 0.3 is 0 Å². The second kappa shape index (κ2) is 9.33. The quantitative estimate of drug-likeness (QED) is 0.773. The molecule has 0 unspecified atom stereocenters. The summed E-state index contributed by atoms with van der Waals surface area (Å²) in [6.45, 7) is -0.513. The molecule has 0 aromatic heterocycles. The third-order valence-electron chi connectivity index (χ3n) is 3.67. The summed E-state index contributed by atoms with van der Waals surface area (Å²) in [6.07, 6.45) is 0. The second-order valence-electron chi connectivity index (χ2n) is 5.69. The minimum absolute atomic E-state index is 0.236. The van der Waals surface area contributed by atoms with Crippen LogP contribution in [0.15, 0.2) is 48.5 Å². The lowest BCUT2D eigenvalue weighted by molar-refractivity contribution is -0.132. The number of carbonyl (C=O) groups is 3. The van der Waals surface area contributed by atoms with Crippen LogP contribution in [0.25, 0.3) is 0 Å². The molecule has 0 aliphatic heterocycles. The monoisotopic (exact) mass is 373 g/mol. The van der Waals surface area contributed by atoms with Gasteiger partial charge in [-0.25, -0.2) is 4.39 Å². The molecule has 0 saturated heterocycles. The lowest BCUT2D eigenvalue weighted by Gasteiger charge is -2.17. The average Bonchev–Trinajstić information content (AvgIpc) is 2.65. The lowest BCUT2D eigenvalue weighted by Crippen LogP contribution is -2.41. The van der Waals surface area contributed by atoms with Gasteiger partial charge in [0.2, 0.25) is 11.8 Å². The van der Waals surface area contributed by atoms with Crippen LogP contribution in [0.3, 0.4) is 0 Å². The van der Waals surface area contributed by atoms with Crippen LogP contribution < -0.4 is 15.4 Å². The highest BCUT2D eigenvalue weighted by Gasteiger charge is 2.16. The Morgan fingerprint density at radius 2 is 1.85 bits per heavy atom. The summed E-state index contributed by atoms with van der Waals surface area (Å²) in [6, 6.07) is 12.1. The molecule has 0 saturated carbocycles. The number of anilines is 1. The highest BCUT2D eigenvalue weighted by molar-refractivity contribution is 5.99. The molecule has 0 bridgehead atoms. The molecule has 0 fully saturated rings. The van der Waals surface area contributed by atoms with Gasteiger partial charge in [-0.05, 0) is 30.3 Å². The first-order valence-electron chi connectivity index (χ1n) is 8.11. The summed E-state index contributed by atoms with van der Waals surface area (Å²) in [5.74, 6) is -1.47. The minimum Gasteiger partial charge on any atom is -0.496 e. The number of carbonyl (C=O) groups excluding carboxylic acids is 3. The molecule has 2 aromatic rings. The number of likely N-dealkylation sites (N-methyl/N-ethyl adjacent to an activating group) is 1. The maximum absolute atomic E-state index is 13.1. The largest absolute Gasteiger partial charge is 0.496 e. The fourth-order valence-electron chi connectivity index (χ4n) is 2.29. The zero-order valence-electron chi connectivity index (χ0n) is 15.0. The van der Waals surface area contributed by atoms with Crippen LogP contribution in [-0.2, 0) is 9.59 Å². The van der Waals surface area contributed by atoms with Gasteiger partial charge in [0.15, 0.2) is 0 Å². The van der Waals surface area contributed by atoms with Crippen molar-refractivity contribution >= 4 is 23.4 Å². The maximum Gasteiger partial charge on any atom is 0.255 e. The van der Waals surface area contributed by atoms with E-state index < -0.39 is 23.5 Å². The van der Waals surface area contributed by atoms with Crippen LogP contribution >= 0.6 is 0 Å². The second-order valence-corrected chi connectivity index (χ2v) is 5.69. The van der Waals surface area contributed by atoms with Crippen molar-refractivity contribution in [2.75, 3.05) is 32.6 Å². The number of rotatable bonds is 7. The van der Waals surface area contributed by atoms with E-state index in [0.29, 0.717) is 17.0 Å². The van der Waals surface area contributed by atoms with Gasteiger partial charge in [-0.15, -0.1) is 0 Å². The highest BCUT2D eigenvalue weighted by atomic mass is 19.1. The number of hydrogen-bond donors (Lipinski definition) is 2. The number of nitrogens with one attached hydrogen (secondary N) is 2. The third kappa shape index (κ3) is 5.81. The Balaban J connectivity index is 1.84. The molecule has 3 amide bonds. The molecule has 142 valence electrons. The van der Waals surface area contributed by atoms with Gasteiger partial charge in [0, 0.05) is 12.7 Å². The summed E-state index contributed by atoms with van der Waals surface area (Å²) < 4.78 is 18.2. The number of hydrogen-bond acceptors (Lipinski definition) is 4. The molecule has 8 heteroatoms. The Hall–Kier alpha value is -3.42. The molecule has 0 atom stereocenters. The van der Waals surface area contributed by atoms with E-state index in [1.54, 1.807) is 24.3 Å². The van der Waals surface area contributed by atoms with Gasteiger partial charge in [0.25, 0.3) is 5.91 Å². The lowest BCUT2D eigenvalue weighted by atomic mass is 10.2. The van der Waals surface area contributed by atoms with Gasteiger partial charge in [-0.3, -0.25) is 14.4 Å². The molecule has 2 rings (SSSR count). The first-order chi connectivity index (χ1) is 12.9. The van der Waals surface area contributed by atoms with E-state index in [1.807, 2.05) is 0 Å². The van der Waals surface area contributed by atoms with Crippen molar-refractivity contribution in [3.63, 3.8) is 0 Å². The van der Waals surface area contributed by atoms with Crippen LogP contribution in [-0.4, -0.2) is 49.9 Å². The van der Waals surface area contributed by atoms with Crippen LogP contribution in [0.1, 0.15) is 10.4 Å². The predicted molar refractivity (Wildman–Crippen MR) is 98.0 cm³/mol. The number of amides is 3. The fraction of sp³-hybridized carbons (Fsp3) is 0.211. The summed E-state index contributed by atoms with van der Waals surface area (Å²) in [5.41, 5.74) is 0.602. The van der Waals surface area contributed by atoms with E-state index in [4.69, 9.17) is 4.74 Å². The van der Waals surface area contributed by atoms with Gasteiger partial charge in [0.05, 0.1) is 25.8 Å². The van der Waals surface area contributed by atoms with Crippen LogP contribution in [0.2, 0.25) is 0 Å². The molecular formula is C19H20FN3O4. The van der Waals surface area contributed by atoms with Gasteiger partial charge in [0.1, 0.15) is 11.6 Å². The summed E-state index contributed by atoms with van der Waals surface area (Å²) in [5, 5.41) is 4.99. The number of methoxy groups -OCH3 is 1. The standard InChI is InChI=1S/C19H20FN3O4/c1-23(12-17(24)22-14-7-5-6-13(20)10-14)18(25)11-21-19(26)15-8-3-4-9-16(15)27-2/h3-10H,11-12H2,1-2H3,(H,21,26)(H,22,24). The average molecular weight is 373 g/mol. The molecule has 2 aromatic carbocycles. The Morgan fingerprint density at radius 3 is 2.56 bits per heavy atom. The summed E-state index contributed by atoms with van der Waals surface area (Å²) >= 11 is 0. The van der Waals surface area contributed by atoms with Crippen molar-refractivity contribution in [3.8, 4) is 5.75 Å². The van der Waals surface area contributed by atoms with E-state index in [9.17, 15) is 18.8 Å². The van der Waals surface area contributed by atoms with Gasteiger partial charge in [-0.1, -0.05) is 18.2 Å². The molecule has 0 aliphatic rings. The number of para-hydroxylation sites is 1. The highest BCUT2D eigenvalue weighted by Crippen LogP contribution is 2.16. The van der Waals surface area contributed by atoms with Crippen molar-refractivity contribution in [1.29, 1.82) is 0 Å². The van der Waals surface area contributed by atoms with E-state index in [2.05, 4.69) is 10.6 Å². The summed E-state index contributed by atoms with van der Waals surface area (Å²) in [7, 11) is 2.88. The molecule has 2 N–H and O–H groups in total. The predicted octanol–water partition coefficient (Wildman–Crippen LogP) is 1.66. The minimum atomic E-state index is -0.479. The number of nitrogens with zero attached hydrogens (tertiary/aromatic N) is 1. The fourth-order valence-corrected chi connectivity index (χ4v) is 2.29. The third-order valence-corrected chi connectivity index (χ3v) is 3.67. The molecular weight excluding hydrogens is 353 g/mol. The SMILES string of the molecule is COc1ccccc1C(=O)NCC(=O)N(C)CC(=O)Nc1cccc(F)c1. The Labute approximate surface area is 156 Å². The van der Waals surface area contributed by atoms with E-state index in [0.717, 1.165) is 4.90 Å². The number of benzene rings is 2. The molecule has 27 heavy (non-hydrogen) atoms.